The Morgan fingerprint density at radius 2 is 2.26 bits per heavy atom. The zero-order valence-electron chi connectivity index (χ0n) is 10.9. The molecule has 1 fully saturated rings. The van der Waals surface area contributed by atoms with Crippen LogP contribution in [0.3, 0.4) is 0 Å². The molecular formula is C13H17N5O. The van der Waals surface area contributed by atoms with E-state index in [2.05, 4.69) is 25.1 Å². The first kappa shape index (κ1) is 12.3. The third kappa shape index (κ3) is 2.80. The molecule has 1 N–H and O–H groups in total. The largest absolute Gasteiger partial charge is 0.378 e. The number of aromatic amines is 1. The van der Waals surface area contributed by atoms with Crippen molar-refractivity contribution < 1.29 is 4.74 Å². The molecule has 6 nitrogen and oxygen atoms in total. The molecule has 0 amide bonds. The van der Waals surface area contributed by atoms with Crippen LogP contribution in [-0.2, 0) is 11.3 Å². The number of nitrogens with zero attached hydrogens (tertiary/aromatic N) is 4. The first-order valence-electron chi connectivity index (χ1n) is 6.41. The van der Waals surface area contributed by atoms with Gasteiger partial charge in [-0.2, -0.15) is 5.10 Å². The number of rotatable bonds is 3. The van der Waals surface area contributed by atoms with Crippen molar-refractivity contribution in [1.82, 2.24) is 25.1 Å². The highest BCUT2D eigenvalue weighted by Crippen LogP contribution is 2.23. The van der Waals surface area contributed by atoms with Crippen LogP contribution >= 0.6 is 0 Å². The van der Waals surface area contributed by atoms with Crippen molar-refractivity contribution in [3.05, 3.63) is 41.7 Å². The van der Waals surface area contributed by atoms with Crippen LogP contribution in [0.4, 0.5) is 0 Å². The Hall–Kier alpha value is -1.79. The highest BCUT2D eigenvalue weighted by Gasteiger charge is 2.25. The summed E-state index contributed by atoms with van der Waals surface area (Å²) in [5, 5.41) is 7.05. The van der Waals surface area contributed by atoms with Gasteiger partial charge in [0, 0.05) is 37.2 Å². The van der Waals surface area contributed by atoms with E-state index < -0.39 is 0 Å². The predicted octanol–water partition coefficient (Wildman–Crippen LogP) is 1.08. The van der Waals surface area contributed by atoms with Gasteiger partial charge in [0.15, 0.2) is 0 Å². The zero-order chi connectivity index (χ0) is 13.1. The third-order valence-electron chi connectivity index (χ3n) is 3.34. The molecule has 1 aliphatic rings. The van der Waals surface area contributed by atoms with Gasteiger partial charge in [-0.25, -0.2) is 9.97 Å². The minimum Gasteiger partial charge on any atom is -0.378 e. The zero-order valence-corrected chi connectivity index (χ0v) is 10.9. The summed E-state index contributed by atoms with van der Waals surface area (Å²) in [5.41, 5.74) is 2.21. The second-order valence-electron chi connectivity index (χ2n) is 4.71. The van der Waals surface area contributed by atoms with E-state index in [1.165, 1.54) is 0 Å². The fourth-order valence-electron chi connectivity index (χ4n) is 2.30. The van der Waals surface area contributed by atoms with Crippen molar-refractivity contribution in [2.45, 2.75) is 19.5 Å². The molecule has 0 unspecified atom stereocenters. The lowest BCUT2D eigenvalue weighted by atomic mass is 10.1. The number of aromatic nitrogens is 4. The van der Waals surface area contributed by atoms with Crippen molar-refractivity contribution in [3.63, 3.8) is 0 Å². The molecule has 100 valence electrons. The van der Waals surface area contributed by atoms with Crippen molar-refractivity contribution in [3.8, 4) is 0 Å². The van der Waals surface area contributed by atoms with E-state index in [0.717, 1.165) is 36.8 Å². The molecule has 2 aromatic heterocycles. The predicted molar refractivity (Wildman–Crippen MR) is 69.3 cm³/mol. The monoisotopic (exact) mass is 259 g/mol. The van der Waals surface area contributed by atoms with Gasteiger partial charge < -0.3 is 4.74 Å². The Bertz CT molecular complexity index is 510. The summed E-state index contributed by atoms with van der Waals surface area (Å²) in [5.74, 6) is 0.802. The van der Waals surface area contributed by atoms with Crippen molar-refractivity contribution in [1.29, 1.82) is 0 Å². The van der Waals surface area contributed by atoms with Crippen LogP contribution in [0.1, 0.15) is 23.1 Å². The maximum Gasteiger partial charge on any atom is 0.125 e. The van der Waals surface area contributed by atoms with Gasteiger partial charge in [-0.1, -0.05) is 0 Å². The molecule has 3 heterocycles. The van der Waals surface area contributed by atoms with E-state index in [4.69, 9.17) is 4.74 Å². The number of ether oxygens (including phenoxy) is 1. The Labute approximate surface area is 111 Å². The number of hydrogen-bond donors (Lipinski definition) is 1. The van der Waals surface area contributed by atoms with Crippen LogP contribution in [-0.4, -0.2) is 44.8 Å². The molecule has 1 atom stereocenters. The molecule has 2 aromatic rings. The second-order valence-corrected chi connectivity index (χ2v) is 4.71. The number of H-pyrrole nitrogens is 1. The van der Waals surface area contributed by atoms with Crippen LogP contribution in [0, 0.1) is 6.92 Å². The number of morpholine rings is 1. The van der Waals surface area contributed by atoms with Crippen LogP contribution in [0.2, 0.25) is 0 Å². The van der Waals surface area contributed by atoms with E-state index in [9.17, 15) is 0 Å². The molecule has 0 aromatic carbocycles. The number of aryl methyl sites for hydroxylation is 1. The van der Waals surface area contributed by atoms with Gasteiger partial charge >= 0.3 is 0 Å². The van der Waals surface area contributed by atoms with Crippen molar-refractivity contribution >= 4 is 0 Å². The first-order chi connectivity index (χ1) is 9.33. The van der Waals surface area contributed by atoms with Gasteiger partial charge in [-0.15, -0.1) is 0 Å². The quantitative estimate of drug-likeness (QED) is 0.893. The minimum absolute atomic E-state index is 0.220. The van der Waals surface area contributed by atoms with Gasteiger partial charge in [-0.05, 0) is 13.0 Å². The summed E-state index contributed by atoms with van der Waals surface area (Å²) in [4.78, 5) is 10.9. The minimum atomic E-state index is 0.220. The maximum absolute atomic E-state index is 5.57. The van der Waals surface area contributed by atoms with E-state index in [1.807, 2.05) is 25.4 Å². The third-order valence-corrected chi connectivity index (χ3v) is 3.34. The molecule has 1 aliphatic heterocycles. The Morgan fingerprint density at radius 1 is 1.42 bits per heavy atom. The Kier molecular flexibility index (Phi) is 3.52. The van der Waals surface area contributed by atoms with Crippen LogP contribution < -0.4 is 0 Å². The lowest BCUT2D eigenvalue weighted by Crippen LogP contribution is -2.39. The number of nitrogens with one attached hydrogen (secondary N) is 1. The smallest absolute Gasteiger partial charge is 0.125 e. The van der Waals surface area contributed by atoms with E-state index in [1.54, 1.807) is 6.20 Å². The standard InChI is InChI=1S/C13H17N5O/c1-10-14-6-11(7-15-10)8-18-4-5-19-9-13(18)12-2-3-16-17-12/h2-3,6-7,13H,4-5,8-9H2,1H3,(H,16,17)/t13-/m1/s1. The molecule has 0 saturated carbocycles. The average molecular weight is 259 g/mol. The molecular weight excluding hydrogens is 242 g/mol. The van der Waals surface area contributed by atoms with Gasteiger partial charge in [0.05, 0.1) is 24.9 Å². The average Bonchev–Trinajstić information content (AvgIpc) is 2.96. The molecule has 6 heteroatoms. The van der Waals surface area contributed by atoms with Gasteiger partial charge in [0.2, 0.25) is 0 Å². The van der Waals surface area contributed by atoms with Gasteiger partial charge in [0.25, 0.3) is 0 Å². The highest BCUT2D eigenvalue weighted by molar-refractivity contribution is 5.09. The van der Waals surface area contributed by atoms with Crippen LogP contribution in [0.15, 0.2) is 24.7 Å². The van der Waals surface area contributed by atoms with Crippen LogP contribution in [0.25, 0.3) is 0 Å². The van der Waals surface area contributed by atoms with Gasteiger partial charge in [-0.3, -0.25) is 10.00 Å². The fraction of sp³-hybridized carbons (Fsp3) is 0.462. The summed E-state index contributed by atoms with van der Waals surface area (Å²) >= 11 is 0. The normalized spacial score (nSPS) is 20.6. The lowest BCUT2D eigenvalue weighted by molar-refractivity contribution is -0.0143. The molecule has 19 heavy (non-hydrogen) atoms. The lowest BCUT2D eigenvalue weighted by Gasteiger charge is -2.34. The van der Waals surface area contributed by atoms with Crippen molar-refractivity contribution in [2.24, 2.45) is 0 Å². The Morgan fingerprint density at radius 3 is 3.00 bits per heavy atom. The summed E-state index contributed by atoms with van der Waals surface area (Å²) in [6, 6.07) is 2.22. The van der Waals surface area contributed by atoms with Crippen molar-refractivity contribution in [2.75, 3.05) is 19.8 Å². The molecule has 1 saturated heterocycles. The van der Waals surface area contributed by atoms with Gasteiger partial charge in [0.1, 0.15) is 5.82 Å². The second kappa shape index (κ2) is 5.46. The maximum atomic E-state index is 5.57. The van der Waals surface area contributed by atoms with E-state index in [0.29, 0.717) is 6.61 Å². The van der Waals surface area contributed by atoms with Crippen LogP contribution in [0.5, 0.6) is 0 Å². The molecule has 0 bridgehead atoms. The summed E-state index contributed by atoms with van der Waals surface area (Å²) in [6.45, 7) is 5.07. The molecule has 0 radical (unpaired) electrons. The highest BCUT2D eigenvalue weighted by atomic mass is 16.5. The topological polar surface area (TPSA) is 66.9 Å². The number of hydrogen-bond acceptors (Lipinski definition) is 5. The van der Waals surface area contributed by atoms with E-state index >= 15 is 0 Å². The molecule has 3 rings (SSSR count). The first-order valence-corrected chi connectivity index (χ1v) is 6.41. The summed E-state index contributed by atoms with van der Waals surface area (Å²) in [7, 11) is 0. The summed E-state index contributed by atoms with van der Waals surface area (Å²) < 4.78 is 5.57. The van der Waals surface area contributed by atoms with E-state index in [-0.39, 0.29) is 6.04 Å². The molecule has 0 spiro atoms. The molecule has 0 aliphatic carbocycles. The Balaban J connectivity index is 1.75. The SMILES string of the molecule is Cc1ncc(CN2CCOC[C@@H]2c2ccn[nH]2)cn1. The fourth-order valence-corrected chi connectivity index (χ4v) is 2.30. The summed E-state index contributed by atoms with van der Waals surface area (Å²) in [6.07, 6.45) is 5.56.